The summed E-state index contributed by atoms with van der Waals surface area (Å²) in [5, 5.41) is 0.889. The van der Waals surface area contributed by atoms with E-state index in [-0.39, 0.29) is 0 Å². The van der Waals surface area contributed by atoms with Crippen LogP contribution in [0.3, 0.4) is 0 Å². The number of hydrogen-bond acceptors (Lipinski definition) is 2. The van der Waals surface area contributed by atoms with Gasteiger partial charge in [-0.2, -0.15) is 11.8 Å². The van der Waals surface area contributed by atoms with Gasteiger partial charge in [0.15, 0.2) is 0 Å². The molecule has 1 aliphatic carbocycles. The summed E-state index contributed by atoms with van der Waals surface area (Å²) in [6, 6.07) is 8.57. The first kappa shape index (κ1) is 12.0. The van der Waals surface area contributed by atoms with Crippen molar-refractivity contribution in [3.63, 3.8) is 0 Å². The zero-order valence-electron chi connectivity index (χ0n) is 9.82. The fourth-order valence-corrected chi connectivity index (χ4v) is 3.70. The highest BCUT2D eigenvalue weighted by molar-refractivity contribution is 7.99. The first-order chi connectivity index (χ1) is 7.90. The maximum atomic E-state index is 5.75. The second-order valence-corrected chi connectivity index (χ2v) is 5.83. The molecule has 88 valence electrons. The summed E-state index contributed by atoms with van der Waals surface area (Å²) in [5.74, 6) is 1.14. The highest BCUT2D eigenvalue weighted by Gasteiger charge is 2.14. The molecule has 0 saturated heterocycles. The summed E-state index contributed by atoms with van der Waals surface area (Å²) in [7, 11) is 0. The van der Waals surface area contributed by atoms with Crippen LogP contribution < -0.4 is 5.73 Å². The Morgan fingerprint density at radius 3 is 2.44 bits per heavy atom. The van der Waals surface area contributed by atoms with Crippen molar-refractivity contribution in [1.29, 1.82) is 0 Å². The number of thioether (sulfide) groups is 1. The first-order valence-electron chi connectivity index (χ1n) is 6.28. The van der Waals surface area contributed by atoms with Gasteiger partial charge in [-0.25, -0.2) is 0 Å². The summed E-state index contributed by atoms with van der Waals surface area (Å²) in [6.07, 6.45) is 7.12. The molecule has 0 aromatic heterocycles. The smallest absolute Gasteiger partial charge is 0.0190 e. The van der Waals surface area contributed by atoms with E-state index in [1.165, 1.54) is 43.2 Å². The van der Waals surface area contributed by atoms with Gasteiger partial charge in [-0.05, 0) is 24.0 Å². The van der Waals surface area contributed by atoms with Crippen molar-refractivity contribution in [3.05, 3.63) is 35.4 Å². The third-order valence-corrected chi connectivity index (χ3v) is 4.79. The number of benzene rings is 1. The lowest BCUT2D eigenvalue weighted by Crippen LogP contribution is -2.09. The van der Waals surface area contributed by atoms with E-state index in [0.29, 0.717) is 6.54 Å². The van der Waals surface area contributed by atoms with Crippen LogP contribution in [0.1, 0.15) is 43.2 Å². The third-order valence-electron chi connectivity index (χ3n) is 3.37. The average Bonchev–Trinajstić information content (AvgIpc) is 2.38. The SMILES string of the molecule is NCc1ccccc1CSC1CCCCC1. The van der Waals surface area contributed by atoms with Crippen LogP contribution in [-0.2, 0) is 12.3 Å². The summed E-state index contributed by atoms with van der Waals surface area (Å²) >= 11 is 2.12. The van der Waals surface area contributed by atoms with Crippen molar-refractivity contribution in [3.8, 4) is 0 Å². The van der Waals surface area contributed by atoms with Crippen molar-refractivity contribution >= 4 is 11.8 Å². The van der Waals surface area contributed by atoms with Crippen molar-refractivity contribution < 1.29 is 0 Å². The molecule has 0 bridgehead atoms. The van der Waals surface area contributed by atoms with E-state index in [0.717, 1.165) is 11.0 Å². The van der Waals surface area contributed by atoms with Gasteiger partial charge in [0.2, 0.25) is 0 Å². The minimum absolute atomic E-state index is 0.668. The summed E-state index contributed by atoms with van der Waals surface area (Å²) < 4.78 is 0. The topological polar surface area (TPSA) is 26.0 Å². The zero-order chi connectivity index (χ0) is 11.2. The largest absolute Gasteiger partial charge is 0.326 e. The van der Waals surface area contributed by atoms with E-state index >= 15 is 0 Å². The molecule has 1 aromatic carbocycles. The molecule has 2 N–H and O–H groups in total. The Hall–Kier alpha value is -0.470. The Kier molecular flexibility index (Phi) is 4.73. The summed E-state index contributed by atoms with van der Waals surface area (Å²) in [5.41, 5.74) is 8.49. The predicted octanol–water partition coefficient (Wildman–Crippen LogP) is 3.71. The lowest BCUT2D eigenvalue weighted by atomic mass is 10.0. The Labute approximate surface area is 103 Å². The third kappa shape index (κ3) is 3.26. The minimum Gasteiger partial charge on any atom is -0.326 e. The second kappa shape index (κ2) is 6.31. The van der Waals surface area contributed by atoms with Gasteiger partial charge in [0.25, 0.3) is 0 Å². The van der Waals surface area contributed by atoms with Gasteiger partial charge in [-0.1, -0.05) is 43.5 Å². The van der Waals surface area contributed by atoms with Gasteiger partial charge in [0.05, 0.1) is 0 Å². The van der Waals surface area contributed by atoms with Gasteiger partial charge in [0, 0.05) is 17.5 Å². The van der Waals surface area contributed by atoms with E-state index in [4.69, 9.17) is 5.73 Å². The van der Waals surface area contributed by atoms with Crippen molar-refractivity contribution in [2.24, 2.45) is 5.73 Å². The van der Waals surface area contributed by atoms with Crippen LogP contribution in [0.4, 0.5) is 0 Å². The van der Waals surface area contributed by atoms with Gasteiger partial charge in [0.1, 0.15) is 0 Å². The standard InChI is InChI=1S/C14H21NS/c15-10-12-6-4-5-7-13(12)11-16-14-8-2-1-3-9-14/h4-7,14H,1-3,8-11,15H2. The molecule has 0 spiro atoms. The molecule has 0 atom stereocenters. The molecule has 1 saturated carbocycles. The van der Waals surface area contributed by atoms with Crippen LogP contribution in [0, 0.1) is 0 Å². The monoisotopic (exact) mass is 235 g/mol. The van der Waals surface area contributed by atoms with E-state index in [1.807, 2.05) is 0 Å². The Bertz CT molecular complexity index is 318. The van der Waals surface area contributed by atoms with Crippen molar-refractivity contribution in [2.45, 2.75) is 49.7 Å². The Balaban J connectivity index is 1.88. The fourth-order valence-electron chi connectivity index (χ4n) is 2.34. The zero-order valence-corrected chi connectivity index (χ0v) is 10.6. The molecule has 1 fully saturated rings. The maximum Gasteiger partial charge on any atom is 0.0190 e. The van der Waals surface area contributed by atoms with Crippen LogP contribution in [0.25, 0.3) is 0 Å². The molecule has 1 aromatic rings. The molecule has 0 amide bonds. The van der Waals surface area contributed by atoms with Crippen LogP contribution in [0.2, 0.25) is 0 Å². The normalized spacial score (nSPS) is 17.6. The minimum atomic E-state index is 0.668. The van der Waals surface area contributed by atoms with Gasteiger partial charge in [-0.15, -0.1) is 0 Å². The maximum absolute atomic E-state index is 5.75. The summed E-state index contributed by atoms with van der Waals surface area (Å²) in [4.78, 5) is 0. The van der Waals surface area contributed by atoms with Gasteiger partial charge < -0.3 is 5.73 Å². The molecule has 1 nitrogen and oxygen atoms in total. The predicted molar refractivity (Wildman–Crippen MR) is 72.5 cm³/mol. The second-order valence-electron chi connectivity index (χ2n) is 4.54. The lowest BCUT2D eigenvalue weighted by molar-refractivity contribution is 0.516. The van der Waals surface area contributed by atoms with E-state index in [2.05, 4.69) is 36.0 Å². The molecule has 16 heavy (non-hydrogen) atoms. The van der Waals surface area contributed by atoms with Crippen LogP contribution in [0.15, 0.2) is 24.3 Å². The lowest BCUT2D eigenvalue weighted by Gasteiger charge is -2.21. The molecule has 0 aliphatic heterocycles. The van der Waals surface area contributed by atoms with E-state index in [9.17, 15) is 0 Å². The highest BCUT2D eigenvalue weighted by Crippen LogP contribution is 2.31. The molecule has 1 aliphatic rings. The fraction of sp³-hybridized carbons (Fsp3) is 0.571. The van der Waals surface area contributed by atoms with E-state index in [1.54, 1.807) is 0 Å². The van der Waals surface area contributed by atoms with Crippen LogP contribution >= 0.6 is 11.8 Å². The van der Waals surface area contributed by atoms with Gasteiger partial charge >= 0.3 is 0 Å². The average molecular weight is 235 g/mol. The number of nitrogens with two attached hydrogens (primary N) is 1. The Morgan fingerprint density at radius 1 is 1.06 bits per heavy atom. The van der Waals surface area contributed by atoms with Crippen molar-refractivity contribution in [2.75, 3.05) is 0 Å². The number of hydrogen-bond donors (Lipinski definition) is 1. The molecule has 0 radical (unpaired) electrons. The van der Waals surface area contributed by atoms with Crippen LogP contribution in [0.5, 0.6) is 0 Å². The van der Waals surface area contributed by atoms with E-state index < -0.39 is 0 Å². The molecular weight excluding hydrogens is 214 g/mol. The molecule has 0 heterocycles. The number of rotatable bonds is 4. The van der Waals surface area contributed by atoms with Gasteiger partial charge in [-0.3, -0.25) is 0 Å². The van der Waals surface area contributed by atoms with Crippen LogP contribution in [-0.4, -0.2) is 5.25 Å². The quantitative estimate of drug-likeness (QED) is 0.861. The molecule has 0 unspecified atom stereocenters. The Morgan fingerprint density at radius 2 is 1.75 bits per heavy atom. The van der Waals surface area contributed by atoms with Crippen molar-refractivity contribution in [1.82, 2.24) is 0 Å². The summed E-state index contributed by atoms with van der Waals surface area (Å²) in [6.45, 7) is 0.668. The molecular formula is C14H21NS. The first-order valence-corrected chi connectivity index (χ1v) is 7.33. The molecule has 2 rings (SSSR count). The highest BCUT2D eigenvalue weighted by atomic mass is 32.2. The molecule has 2 heteroatoms.